The number of nitrogens with one attached hydrogen (secondary N) is 1. The van der Waals surface area contributed by atoms with Crippen LogP contribution in [0.4, 0.5) is 10.8 Å². The quantitative estimate of drug-likeness (QED) is 0.300. The van der Waals surface area contributed by atoms with Crippen LogP contribution in [0.1, 0.15) is 80.1 Å². The van der Waals surface area contributed by atoms with Gasteiger partial charge >= 0.3 is 0 Å². The Morgan fingerprint density at radius 2 is 1.87 bits per heavy atom. The van der Waals surface area contributed by atoms with E-state index in [1.807, 2.05) is 6.07 Å². The van der Waals surface area contributed by atoms with E-state index >= 15 is 0 Å². The fraction of sp³-hybridized carbons (Fsp3) is 0.708. The molecule has 1 unspecified atom stereocenters. The molecule has 1 aromatic carbocycles. The van der Waals surface area contributed by atoms with E-state index in [1.54, 1.807) is 11.3 Å². The van der Waals surface area contributed by atoms with Gasteiger partial charge in [0.2, 0.25) is 0 Å². The molecule has 0 aliphatic heterocycles. The van der Waals surface area contributed by atoms with Gasteiger partial charge < -0.3 is 9.64 Å². The lowest BCUT2D eigenvalue weighted by Gasteiger charge is -2.23. The van der Waals surface area contributed by atoms with Crippen molar-refractivity contribution in [2.75, 3.05) is 24.6 Å². The maximum absolute atomic E-state index is 7.63. The van der Waals surface area contributed by atoms with Crippen LogP contribution >= 0.6 is 22.9 Å². The molecule has 0 saturated carbocycles. The van der Waals surface area contributed by atoms with Gasteiger partial charge in [-0.15, -0.1) is 0 Å². The van der Waals surface area contributed by atoms with E-state index in [-0.39, 0.29) is 0 Å². The topological polar surface area (TPSA) is 61.6 Å². The Morgan fingerprint density at radius 3 is 2.42 bits per heavy atom. The number of hydrogen-bond acceptors (Lipinski definition) is 6. The van der Waals surface area contributed by atoms with Crippen LogP contribution in [0.5, 0.6) is 5.75 Å². The number of fused-ring (bicyclic) bond motifs is 1. The minimum absolute atomic E-state index is 0.302. The van der Waals surface area contributed by atoms with Crippen molar-refractivity contribution in [3.05, 3.63) is 11.1 Å². The Kier molecular flexibility index (Phi) is 10.0. The van der Waals surface area contributed by atoms with E-state index in [1.165, 1.54) is 0 Å². The number of aromatic nitrogens is 1. The van der Waals surface area contributed by atoms with Crippen molar-refractivity contribution >= 4 is 44.0 Å². The second kappa shape index (κ2) is 12.0. The van der Waals surface area contributed by atoms with Gasteiger partial charge in [0.05, 0.1) is 11.3 Å². The molecule has 174 valence electrons. The lowest BCUT2D eigenvalue weighted by Crippen LogP contribution is -2.25. The van der Waals surface area contributed by atoms with Crippen LogP contribution in [-0.2, 0) is 0 Å². The van der Waals surface area contributed by atoms with Crippen molar-refractivity contribution < 1.29 is 4.74 Å². The number of rotatable bonds is 13. The van der Waals surface area contributed by atoms with Crippen LogP contribution in [0.25, 0.3) is 10.2 Å². The summed E-state index contributed by atoms with van der Waals surface area (Å²) in [5.74, 6) is 1.04. The van der Waals surface area contributed by atoms with Gasteiger partial charge in [-0.1, -0.05) is 77.3 Å². The van der Waals surface area contributed by atoms with Gasteiger partial charge in [0.25, 0.3) is 0 Å². The summed E-state index contributed by atoms with van der Waals surface area (Å²) in [6, 6.07) is 1.89. The zero-order valence-electron chi connectivity index (χ0n) is 20.1. The van der Waals surface area contributed by atoms with Crippen molar-refractivity contribution in [2.24, 2.45) is 16.4 Å². The molecule has 2 rings (SSSR count). The largest absolute Gasteiger partial charge is 0.490 e. The van der Waals surface area contributed by atoms with Crippen LogP contribution in [0.2, 0.25) is 5.02 Å². The molecular weight excluding hydrogens is 428 g/mol. The Morgan fingerprint density at radius 1 is 1.23 bits per heavy atom. The summed E-state index contributed by atoms with van der Waals surface area (Å²) in [7, 11) is 0. The van der Waals surface area contributed by atoms with Gasteiger partial charge in [-0.3, -0.25) is 0 Å². The second-order valence-electron chi connectivity index (χ2n) is 9.70. The molecule has 5 nitrogen and oxygen atoms in total. The number of benzene rings is 1. The maximum Gasteiger partial charge on any atom is 0.186 e. The minimum Gasteiger partial charge on any atom is -0.490 e. The molecule has 1 aromatic heterocycles. The first-order chi connectivity index (χ1) is 14.7. The van der Waals surface area contributed by atoms with Gasteiger partial charge in [-0.05, 0) is 43.1 Å². The number of anilines is 1. The molecule has 0 saturated heterocycles. The Bertz CT molecular complexity index is 838. The van der Waals surface area contributed by atoms with Crippen molar-refractivity contribution in [3.8, 4) is 5.75 Å². The number of hydrogen-bond donors (Lipinski definition) is 1. The molecule has 7 heteroatoms. The summed E-state index contributed by atoms with van der Waals surface area (Å²) in [5, 5.41) is 5.16. The fourth-order valence-electron chi connectivity index (χ4n) is 3.85. The average molecular weight is 467 g/mol. The molecular formula is C24H39ClN4OS. The van der Waals surface area contributed by atoms with Crippen LogP contribution in [0, 0.1) is 16.9 Å². The molecule has 0 amide bonds. The highest BCUT2D eigenvalue weighted by molar-refractivity contribution is 7.22. The molecule has 0 radical (unpaired) electrons. The SMILES string of the molecule is CCCCN(CCCC)c1nc2c(Cl)c(OCCC(C)CC(C)(C)C)c(N=N)cc2s1. The van der Waals surface area contributed by atoms with E-state index in [2.05, 4.69) is 51.6 Å². The van der Waals surface area contributed by atoms with Gasteiger partial charge in [0.15, 0.2) is 10.9 Å². The molecule has 0 spiro atoms. The molecule has 2 aromatic rings. The van der Waals surface area contributed by atoms with E-state index in [9.17, 15) is 0 Å². The fourth-order valence-corrected chi connectivity index (χ4v) is 5.26. The lowest BCUT2D eigenvalue weighted by atomic mass is 9.84. The predicted molar refractivity (Wildman–Crippen MR) is 135 cm³/mol. The molecule has 1 heterocycles. The van der Waals surface area contributed by atoms with E-state index in [0.29, 0.717) is 34.4 Å². The van der Waals surface area contributed by atoms with Crippen molar-refractivity contribution in [1.82, 2.24) is 4.98 Å². The number of unbranched alkanes of at least 4 members (excludes halogenated alkanes) is 2. The zero-order chi connectivity index (χ0) is 23.0. The Hall–Kier alpha value is -1.40. The van der Waals surface area contributed by atoms with E-state index < -0.39 is 0 Å². The lowest BCUT2D eigenvalue weighted by molar-refractivity contribution is 0.241. The summed E-state index contributed by atoms with van der Waals surface area (Å²) in [6.45, 7) is 16.0. The summed E-state index contributed by atoms with van der Waals surface area (Å²) in [4.78, 5) is 7.24. The first-order valence-corrected chi connectivity index (χ1v) is 12.8. The van der Waals surface area contributed by atoms with Crippen LogP contribution in [0.15, 0.2) is 11.2 Å². The van der Waals surface area contributed by atoms with Crippen LogP contribution < -0.4 is 9.64 Å². The summed E-state index contributed by atoms with van der Waals surface area (Å²) >= 11 is 8.36. The van der Waals surface area contributed by atoms with Gasteiger partial charge in [0.1, 0.15) is 16.2 Å². The number of halogens is 1. The highest BCUT2D eigenvalue weighted by Crippen LogP contribution is 2.44. The Labute approximate surface area is 197 Å². The summed E-state index contributed by atoms with van der Waals surface area (Å²) in [6.07, 6.45) is 6.67. The van der Waals surface area contributed by atoms with Crippen molar-refractivity contribution in [3.63, 3.8) is 0 Å². The van der Waals surface area contributed by atoms with Crippen LogP contribution in [-0.4, -0.2) is 24.7 Å². The van der Waals surface area contributed by atoms with E-state index in [4.69, 9.17) is 26.9 Å². The third kappa shape index (κ3) is 7.60. The molecule has 0 aliphatic rings. The smallest absolute Gasteiger partial charge is 0.186 e. The molecule has 31 heavy (non-hydrogen) atoms. The van der Waals surface area contributed by atoms with Gasteiger partial charge in [-0.25, -0.2) is 10.5 Å². The highest BCUT2D eigenvalue weighted by Gasteiger charge is 2.20. The molecule has 0 aliphatic carbocycles. The van der Waals surface area contributed by atoms with Gasteiger partial charge in [-0.2, -0.15) is 5.11 Å². The van der Waals surface area contributed by atoms with Crippen LogP contribution in [0.3, 0.4) is 0 Å². The molecule has 0 fully saturated rings. The first kappa shape index (κ1) is 25.9. The monoisotopic (exact) mass is 466 g/mol. The standard InChI is InChI=1S/C24H39ClN4OS/c1-7-9-12-29(13-10-8-2)23-27-21-19(31-23)15-18(28-26)22(20(21)25)30-14-11-17(3)16-24(4,5)6/h15,17,26H,7-14,16H2,1-6H3. The van der Waals surface area contributed by atoms with Crippen molar-refractivity contribution in [2.45, 2.75) is 80.1 Å². The highest BCUT2D eigenvalue weighted by atomic mass is 35.5. The predicted octanol–water partition coefficient (Wildman–Crippen LogP) is 8.86. The number of nitrogens with zero attached hydrogens (tertiary/aromatic N) is 3. The summed E-state index contributed by atoms with van der Waals surface area (Å²) < 4.78 is 7.01. The molecule has 1 atom stereocenters. The Balaban J connectivity index is 2.24. The van der Waals surface area contributed by atoms with E-state index in [0.717, 1.165) is 67.0 Å². The number of thiazole rings is 1. The zero-order valence-corrected chi connectivity index (χ0v) is 21.6. The maximum atomic E-state index is 7.63. The average Bonchev–Trinajstić information content (AvgIpc) is 3.12. The van der Waals surface area contributed by atoms with Gasteiger partial charge in [0, 0.05) is 13.1 Å². The third-order valence-corrected chi connectivity index (χ3v) is 6.74. The third-order valence-electron chi connectivity index (χ3n) is 5.32. The van der Waals surface area contributed by atoms with Crippen molar-refractivity contribution in [1.29, 1.82) is 5.53 Å². The first-order valence-electron chi connectivity index (χ1n) is 11.6. The minimum atomic E-state index is 0.302. The number of ether oxygens (including phenoxy) is 1. The normalized spacial score (nSPS) is 12.9. The summed E-state index contributed by atoms with van der Waals surface area (Å²) in [5.41, 5.74) is 9.16. The molecule has 1 N–H and O–H groups in total. The molecule has 0 bridgehead atoms. The second-order valence-corrected chi connectivity index (χ2v) is 11.1.